The van der Waals surface area contributed by atoms with Gasteiger partial charge in [0.15, 0.2) is 5.69 Å². The minimum absolute atomic E-state index is 0.0215. The van der Waals surface area contributed by atoms with Crippen molar-refractivity contribution in [1.29, 1.82) is 0 Å². The van der Waals surface area contributed by atoms with Gasteiger partial charge in [-0.1, -0.05) is 49.2 Å². The number of carbonyl (C=O) groups is 1. The number of methoxy groups -OCH3 is 2. The molecule has 1 aliphatic heterocycles. The predicted octanol–water partition coefficient (Wildman–Crippen LogP) is 3.97. The van der Waals surface area contributed by atoms with Crippen molar-refractivity contribution in [2.75, 3.05) is 52.3 Å². The number of nitrogens with one attached hydrogen (secondary N) is 2. The molecule has 2 fully saturated rings. The molecule has 0 unspecified atom stereocenters. The Bertz CT molecular complexity index is 1260. The molecule has 40 heavy (non-hydrogen) atoms. The molecule has 0 spiro atoms. The summed E-state index contributed by atoms with van der Waals surface area (Å²) in [6.07, 6.45) is 5.94. The molecule has 1 saturated carbocycles. The van der Waals surface area contributed by atoms with Gasteiger partial charge in [0.2, 0.25) is 0 Å². The Morgan fingerprint density at radius 3 is 2.83 bits per heavy atom. The summed E-state index contributed by atoms with van der Waals surface area (Å²) < 4.78 is 12.8. The van der Waals surface area contributed by atoms with Gasteiger partial charge >= 0.3 is 0 Å². The van der Waals surface area contributed by atoms with Crippen LogP contribution in [-0.4, -0.2) is 84.1 Å². The predicted molar refractivity (Wildman–Crippen MR) is 156 cm³/mol. The van der Waals surface area contributed by atoms with E-state index in [0.717, 1.165) is 68.0 Å². The van der Waals surface area contributed by atoms with E-state index in [-0.39, 0.29) is 24.6 Å². The molecule has 0 radical (unpaired) electrons. The molecule has 214 valence electrons. The standard InChI is InChI=1S/C31H41N5O4/c1-39-21-31(38)15-7-6-13-27(31)36-22-34-28(29(36)23-9-4-3-5-10-23)30(37)35-18-17-32-20-25(35)14-16-33-24-11-8-12-26(19-24)40-2/h3-5,8-12,19,22,25,27,32-33,38H,6-7,13-18,20-21H2,1-2H3/t25-,27-,31-/m1/s1. The van der Waals surface area contributed by atoms with Crippen LogP contribution in [0.15, 0.2) is 60.9 Å². The first-order valence-electron chi connectivity index (χ1n) is 14.3. The van der Waals surface area contributed by atoms with E-state index in [1.807, 2.05) is 64.1 Å². The maximum Gasteiger partial charge on any atom is 0.275 e. The second kappa shape index (κ2) is 12.8. The van der Waals surface area contributed by atoms with Crippen molar-refractivity contribution in [2.45, 2.75) is 49.8 Å². The number of hydrogen-bond donors (Lipinski definition) is 3. The largest absolute Gasteiger partial charge is 0.497 e. The fraction of sp³-hybridized carbons (Fsp3) is 0.484. The molecule has 1 aliphatic carbocycles. The van der Waals surface area contributed by atoms with E-state index in [1.165, 1.54) is 0 Å². The molecule has 2 heterocycles. The third kappa shape index (κ3) is 6.01. The van der Waals surface area contributed by atoms with Gasteiger partial charge in [-0.2, -0.15) is 0 Å². The fourth-order valence-electron chi connectivity index (χ4n) is 6.19. The van der Waals surface area contributed by atoms with E-state index in [4.69, 9.17) is 14.5 Å². The zero-order chi connectivity index (χ0) is 28.0. The van der Waals surface area contributed by atoms with Gasteiger partial charge in [0, 0.05) is 56.6 Å². The number of aromatic nitrogens is 2. The van der Waals surface area contributed by atoms with Gasteiger partial charge in [-0.05, 0) is 31.4 Å². The molecule has 1 aromatic heterocycles. The van der Waals surface area contributed by atoms with Crippen LogP contribution in [0.2, 0.25) is 0 Å². The Morgan fingerprint density at radius 2 is 2.02 bits per heavy atom. The number of piperazine rings is 1. The molecule has 9 heteroatoms. The third-order valence-corrected chi connectivity index (χ3v) is 8.22. The van der Waals surface area contributed by atoms with Crippen LogP contribution in [0, 0.1) is 0 Å². The number of nitrogens with zero attached hydrogens (tertiary/aromatic N) is 3. The Morgan fingerprint density at radius 1 is 1.18 bits per heavy atom. The van der Waals surface area contributed by atoms with Gasteiger partial charge in [-0.15, -0.1) is 0 Å². The second-order valence-corrected chi connectivity index (χ2v) is 10.8. The van der Waals surface area contributed by atoms with Crippen molar-refractivity contribution in [1.82, 2.24) is 19.8 Å². The van der Waals surface area contributed by atoms with Crippen molar-refractivity contribution in [3.63, 3.8) is 0 Å². The topological polar surface area (TPSA) is 101 Å². The number of carbonyl (C=O) groups excluding carboxylic acids is 1. The summed E-state index contributed by atoms with van der Waals surface area (Å²) in [5.41, 5.74) is 2.09. The first-order valence-corrected chi connectivity index (χ1v) is 14.3. The van der Waals surface area contributed by atoms with E-state index < -0.39 is 5.60 Å². The third-order valence-electron chi connectivity index (χ3n) is 8.22. The number of imidazole rings is 1. The van der Waals surface area contributed by atoms with Crippen molar-refractivity contribution in [2.24, 2.45) is 0 Å². The number of ether oxygens (including phenoxy) is 2. The maximum absolute atomic E-state index is 14.2. The van der Waals surface area contributed by atoms with Crippen LogP contribution in [-0.2, 0) is 4.74 Å². The number of anilines is 1. The summed E-state index contributed by atoms with van der Waals surface area (Å²) in [6.45, 7) is 3.04. The molecular formula is C31H41N5O4. The van der Waals surface area contributed by atoms with Gasteiger partial charge in [0.1, 0.15) is 11.4 Å². The van der Waals surface area contributed by atoms with Crippen LogP contribution < -0.4 is 15.4 Å². The highest BCUT2D eigenvalue weighted by molar-refractivity contribution is 5.98. The Hall–Kier alpha value is -3.40. The van der Waals surface area contributed by atoms with Crippen LogP contribution in [0.3, 0.4) is 0 Å². The lowest BCUT2D eigenvalue weighted by molar-refractivity contribution is -0.0893. The number of benzene rings is 2. The van der Waals surface area contributed by atoms with Crippen LogP contribution in [0.25, 0.3) is 11.3 Å². The normalized spacial score (nSPS) is 23.1. The SMILES string of the molecule is COC[C@]1(O)CCCC[C@H]1n1cnc(C(=O)N2CCNC[C@H]2CCNc2cccc(OC)c2)c1-c1ccccc1. The number of hydrogen-bond acceptors (Lipinski definition) is 7. The summed E-state index contributed by atoms with van der Waals surface area (Å²) in [7, 11) is 3.28. The quantitative estimate of drug-likeness (QED) is 0.353. The average molecular weight is 548 g/mol. The zero-order valence-corrected chi connectivity index (χ0v) is 23.5. The summed E-state index contributed by atoms with van der Waals surface area (Å²) in [5.74, 6) is 0.733. The van der Waals surface area contributed by atoms with Gasteiger partial charge < -0.3 is 34.7 Å². The first kappa shape index (κ1) is 28.1. The highest BCUT2D eigenvalue weighted by Crippen LogP contribution is 2.41. The molecule has 9 nitrogen and oxygen atoms in total. The van der Waals surface area contributed by atoms with Gasteiger partial charge in [0.25, 0.3) is 5.91 Å². The van der Waals surface area contributed by atoms with E-state index >= 15 is 0 Å². The number of amides is 1. The van der Waals surface area contributed by atoms with Crippen molar-refractivity contribution >= 4 is 11.6 Å². The summed E-state index contributed by atoms with van der Waals surface area (Å²) in [4.78, 5) is 20.9. The lowest BCUT2D eigenvalue weighted by Gasteiger charge is -2.41. The van der Waals surface area contributed by atoms with E-state index in [0.29, 0.717) is 18.7 Å². The minimum Gasteiger partial charge on any atom is -0.497 e. The fourth-order valence-corrected chi connectivity index (χ4v) is 6.19. The van der Waals surface area contributed by atoms with Crippen LogP contribution in [0.1, 0.15) is 48.6 Å². The minimum atomic E-state index is -1.01. The molecule has 0 bridgehead atoms. The lowest BCUT2D eigenvalue weighted by Crippen LogP contribution is -2.54. The summed E-state index contributed by atoms with van der Waals surface area (Å²) in [6, 6.07) is 17.6. The highest BCUT2D eigenvalue weighted by atomic mass is 16.5. The highest BCUT2D eigenvalue weighted by Gasteiger charge is 2.42. The van der Waals surface area contributed by atoms with Gasteiger partial charge in [0.05, 0.1) is 31.8 Å². The summed E-state index contributed by atoms with van der Waals surface area (Å²) in [5, 5.41) is 18.5. The number of rotatable bonds is 10. The van der Waals surface area contributed by atoms with E-state index in [9.17, 15) is 9.90 Å². The average Bonchev–Trinajstić information content (AvgIpc) is 3.42. The lowest BCUT2D eigenvalue weighted by atomic mass is 9.80. The monoisotopic (exact) mass is 547 g/mol. The van der Waals surface area contributed by atoms with E-state index in [1.54, 1.807) is 20.5 Å². The van der Waals surface area contributed by atoms with Crippen LogP contribution in [0.4, 0.5) is 5.69 Å². The molecule has 1 saturated heterocycles. The molecule has 2 aliphatic rings. The maximum atomic E-state index is 14.2. The second-order valence-electron chi connectivity index (χ2n) is 10.8. The summed E-state index contributed by atoms with van der Waals surface area (Å²) >= 11 is 0. The molecule has 3 aromatic rings. The Balaban J connectivity index is 1.41. The number of aliphatic hydroxyl groups is 1. The van der Waals surface area contributed by atoms with E-state index in [2.05, 4.69) is 10.6 Å². The van der Waals surface area contributed by atoms with Crippen LogP contribution in [0.5, 0.6) is 5.75 Å². The zero-order valence-electron chi connectivity index (χ0n) is 23.5. The van der Waals surface area contributed by atoms with Crippen molar-refractivity contribution < 1.29 is 19.4 Å². The smallest absolute Gasteiger partial charge is 0.275 e. The molecule has 5 rings (SSSR count). The molecule has 1 amide bonds. The van der Waals surface area contributed by atoms with Crippen LogP contribution >= 0.6 is 0 Å². The van der Waals surface area contributed by atoms with Gasteiger partial charge in [-0.25, -0.2) is 4.98 Å². The molecular weight excluding hydrogens is 506 g/mol. The molecule has 2 aromatic carbocycles. The molecule has 3 N–H and O–H groups in total. The Kier molecular flexibility index (Phi) is 9.04. The van der Waals surface area contributed by atoms with Crippen molar-refractivity contribution in [3.8, 4) is 17.0 Å². The van der Waals surface area contributed by atoms with Crippen molar-refractivity contribution in [3.05, 3.63) is 66.6 Å². The van der Waals surface area contributed by atoms with Gasteiger partial charge in [-0.3, -0.25) is 4.79 Å². The first-order chi connectivity index (χ1) is 19.5. The molecule has 3 atom stereocenters. The Labute approximate surface area is 236 Å².